The molecule has 18 heavy (non-hydrogen) atoms. The van der Waals surface area contributed by atoms with Gasteiger partial charge in [-0.2, -0.15) is 0 Å². The quantitative estimate of drug-likeness (QED) is 0.875. The minimum absolute atomic E-state index is 0.314. The molecule has 0 bridgehead atoms. The average Bonchev–Trinajstić information content (AvgIpc) is 2.28. The Hall–Kier alpha value is -0.970. The summed E-state index contributed by atoms with van der Waals surface area (Å²) in [6.45, 7) is 7.98. The Labute approximate surface area is 109 Å². The summed E-state index contributed by atoms with van der Waals surface area (Å²) in [5.74, 6) is 0. The summed E-state index contributed by atoms with van der Waals surface area (Å²) >= 11 is 0. The first-order valence-corrected chi connectivity index (χ1v) is 6.64. The summed E-state index contributed by atoms with van der Waals surface area (Å²) in [6.07, 6.45) is 0.628. The van der Waals surface area contributed by atoms with E-state index < -0.39 is 0 Å². The SMILES string of the molecule is CNCc1cccc(CN2CC(C)OC(C)C2)n1. The lowest BCUT2D eigenvalue weighted by molar-refractivity contribution is -0.0707. The highest BCUT2D eigenvalue weighted by Gasteiger charge is 2.22. The molecule has 100 valence electrons. The summed E-state index contributed by atoms with van der Waals surface area (Å²) < 4.78 is 5.74. The predicted molar refractivity (Wildman–Crippen MR) is 72.3 cm³/mol. The van der Waals surface area contributed by atoms with Gasteiger partial charge in [0.25, 0.3) is 0 Å². The zero-order valence-corrected chi connectivity index (χ0v) is 11.5. The van der Waals surface area contributed by atoms with Gasteiger partial charge < -0.3 is 10.1 Å². The molecule has 0 saturated carbocycles. The molecule has 2 atom stereocenters. The van der Waals surface area contributed by atoms with Gasteiger partial charge in [-0.15, -0.1) is 0 Å². The Morgan fingerprint density at radius 2 is 1.94 bits per heavy atom. The fraction of sp³-hybridized carbons (Fsp3) is 0.643. The first-order chi connectivity index (χ1) is 8.67. The van der Waals surface area contributed by atoms with Crippen LogP contribution < -0.4 is 5.32 Å². The number of ether oxygens (including phenoxy) is 1. The fourth-order valence-corrected chi connectivity index (χ4v) is 2.54. The van der Waals surface area contributed by atoms with Crippen molar-refractivity contribution in [3.63, 3.8) is 0 Å². The first-order valence-electron chi connectivity index (χ1n) is 6.64. The number of morpholine rings is 1. The molecule has 4 heteroatoms. The molecule has 0 radical (unpaired) electrons. The molecule has 1 fully saturated rings. The Morgan fingerprint density at radius 3 is 2.61 bits per heavy atom. The Bertz CT molecular complexity index is 373. The molecular weight excluding hydrogens is 226 g/mol. The van der Waals surface area contributed by atoms with E-state index in [4.69, 9.17) is 4.74 Å². The molecule has 0 spiro atoms. The maximum absolute atomic E-state index is 5.74. The third-order valence-electron chi connectivity index (χ3n) is 3.10. The fourth-order valence-electron chi connectivity index (χ4n) is 2.54. The van der Waals surface area contributed by atoms with Gasteiger partial charge in [-0.25, -0.2) is 0 Å². The van der Waals surface area contributed by atoms with Crippen molar-refractivity contribution in [1.82, 2.24) is 15.2 Å². The van der Waals surface area contributed by atoms with Crippen LogP contribution in [-0.4, -0.2) is 42.2 Å². The smallest absolute Gasteiger partial charge is 0.0678 e. The van der Waals surface area contributed by atoms with E-state index in [1.54, 1.807) is 0 Å². The Morgan fingerprint density at radius 1 is 1.28 bits per heavy atom. The van der Waals surface area contributed by atoms with Crippen molar-refractivity contribution in [1.29, 1.82) is 0 Å². The maximum Gasteiger partial charge on any atom is 0.0678 e. The molecule has 1 N–H and O–H groups in total. The molecule has 0 amide bonds. The average molecular weight is 249 g/mol. The van der Waals surface area contributed by atoms with E-state index >= 15 is 0 Å². The third-order valence-corrected chi connectivity index (χ3v) is 3.10. The van der Waals surface area contributed by atoms with Crippen molar-refractivity contribution in [2.24, 2.45) is 0 Å². The lowest BCUT2D eigenvalue weighted by Gasteiger charge is -2.35. The van der Waals surface area contributed by atoms with Crippen LogP contribution in [-0.2, 0) is 17.8 Å². The molecule has 1 aromatic heterocycles. The molecule has 4 nitrogen and oxygen atoms in total. The molecule has 0 aromatic carbocycles. The van der Waals surface area contributed by atoms with Crippen molar-refractivity contribution in [3.05, 3.63) is 29.6 Å². The van der Waals surface area contributed by atoms with Crippen molar-refractivity contribution in [2.75, 3.05) is 20.1 Å². The van der Waals surface area contributed by atoms with Gasteiger partial charge in [0.2, 0.25) is 0 Å². The van der Waals surface area contributed by atoms with Gasteiger partial charge in [0, 0.05) is 26.2 Å². The summed E-state index contributed by atoms with van der Waals surface area (Å²) in [4.78, 5) is 7.08. The van der Waals surface area contributed by atoms with E-state index in [1.807, 2.05) is 7.05 Å². The molecule has 2 unspecified atom stereocenters. The van der Waals surface area contributed by atoms with Gasteiger partial charge in [-0.05, 0) is 33.0 Å². The minimum atomic E-state index is 0.314. The second-order valence-electron chi connectivity index (χ2n) is 5.10. The van der Waals surface area contributed by atoms with E-state index in [0.717, 1.165) is 37.6 Å². The highest BCUT2D eigenvalue weighted by atomic mass is 16.5. The number of pyridine rings is 1. The van der Waals surface area contributed by atoms with Crippen LogP contribution in [0.5, 0.6) is 0 Å². The molecule has 2 heterocycles. The standard InChI is InChI=1S/C14H23N3O/c1-11-8-17(9-12(2)18-11)10-14-6-4-5-13(16-14)7-15-3/h4-6,11-12,15H,7-10H2,1-3H3. The second kappa shape index (κ2) is 6.27. The lowest BCUT2D eigenvalue weighted by atomic mass is 10.2. The Kier molecular flexibility index (Phi) is 4.69. The van der Waals surface area contributed by atoms with Crippen LogP contribution >= 0.6 is 0 Å². The molecule has 2 rings (SSSR count). The summed E-state index contributed by atoms with van der Waals surface area (Å²) in [5, 5.41) is 3.13. The van der Waals surface area contributed by atoms with Gasteiger partial charge in [0.15, 0.2) is 0 Å². The van der Waals surface area contributed by atoms with Gasteiger partial charge in [-0.3, -0.25) is 9.88 Å². The van der Waals surface area contributed by atoms with E-state index in [-0.39, 0.29) is 0 Å². The van der Waals surface area contributed by atoms with E-state index in [1.165, 1.54) is 0 Å². The van der Waals surface area contributed by atoms with Crippen LogP contribution in [0.25, 0.3) is 0 Å². The van der Waals surface area contributed by atoms with Crippen LogP contribution in [0.4, 0.5) is 0 Å². The number of hydrogen-bond donors (Lipinski definition) is 1. The minimum Gasteiger partial charge on any atom is -0.373 e. The highest BCUT2D eigenvalue weighted by Crippen LogP contribution is 2.13. The molecular formula is C14H23N3O. The topological polar surface area (TPSA) is 37.4 Å². The van der Waals surface area contributed by atoms with Crippen LogP contribution in [0.2, 0.25) is 0 Å². The van der Waals surface area contributed by atoms with Crippen LogP contribution in [0.3, 0.4) is 0 Å². The van der Waals surface area contributed by atoms with E-state index in [2.05, 4.69) is 47.2 Å². The molecule has 1 aliphatic heterocycles. The number of nitrogens with zero attached hydrogens (tertiary/aromatic N) is 2. The summed E-state index contributed by atoms with van der Waals surface area (Å²) in [5.41, 5.74) is 2.24. The van der Waals surface area contributed by atoms with Gasteiger partial charge in [0.1, 0.15) is 0 Å². The number of aromatic nitrogens is 1. The van der Waals surface area contributed by atoms with Gasteiger partial charge in [0.05, 0.1) is 23.6 Å². The third kappa shape index (κ3) is 3.77. The van der Waals surface area contributed by atoms with Crippen LogP contribution in [0.1, 0.15) is 25.2 Å². The highest BCUT2D eigenvalue weighted by molar-refractivity contribution is 5.11. The molecule has 1 aliphatic rings. The number of rotatable bonds is 4. The molecule has 1 saturated heterocycles. The molecule has 1 aromatic rings. The first kappa shape index (κ1) is 13.5. The maximum atomic E-state index is 5.74. The van der Waals surface area contributed by atoms with Crippen molar-refractivity contribution >= 4 is 0 Å². The summed E-state index contributed by atoms with van der Waals surface area (Å²) in [6, 6.07) is 6.25. The van der Waals surface area contributed by atoms with Crippen molar-refractivity contribution in [3.8, 4) is 0 Å². The Balaban J connectivity index is 1.97. The summed E-state index contributed by atoms with van der Waals surface area (Å²) in [7, 11) is 1.94. The molecule has 0 aliphatic carbocycles. The van der Waals surface area contributed by atoms with Crippen LogP contribution in [0, 0.1) is 0 Å². The van der Waals surface area contributed by atoms with E-state index in [0.29, 0.717) is 12.2 Å². The lowest BCUT2D eigenvalue weighted by Crippen LogP contribution is -2.44. The predicted octanol–water partition coefficient (Wildman–Crippen LogP) is 1.41. The van der Waals surface area contributed by atoms with Gasteiger partial charge >= 0.3 is 0 Å². The normalized spacial score (nSPS) is 25.3. The number of hydrogen-bond acceptors (Lipinski definition) is 4. The van der Waals surface area contributed by atoms with Gasteiger partial charge in [-0.1, -0.05) is 6.07 Å². The second-order valence-corrected chi connectivity index (χ2v) is 5.10. The monoisotopic (exact) mass is 249 g/mol. The van der Waals surface area contributed by atoms with Crippen LogP contribution in [0.15, 0.2) is 18.2 Å². The van der Waals surface area contributed by atoms with Crippen molar-refractivity contribution < 1.29 is 4.74 Å². The zero-order chi connectivity index (χ0) is 13.0. The largest absolute Gasteiger partial charge is 0.373 e. The number of nitrogens with one attached hydrogen (secondary N) is 1. The zero-order valence-electron chi connectivity index (χ0n) is 11.5. The van der Waals surface area contributed by atoms with Crippen molar-refractivity contribution in [2.45, 2.75) is 39.1 Å². The van der Waals surface area contributed by atoms with E-state index in [9.17, 15) is 0 Å².